The average Bonchev–Trinajstić information content (AvgIpc) is 3.30. The van der Waals surface area contributed by atoms with Gasteiger partial charge in [-0.25, -0.2) is 9.79 Å². The molecular formula is C33H31N3O7S. The number of carboxylic acids is 1. The number of hydrogen-bond acceptors (Lipinski definition) is 8. The molecule has 2 N–H and O–H groups in total. The number of aryl methyl sites for hydroxylation is 1. The number of benzene rings is 3. The minimum absolute atomic E-state index is 0.283. The van der Waals surface area contributed by atoms with Gasteiger partial charge in [0.1, 0.15) is 5.75 Å². The quantitative estimate of drug-likeness (QED) is 0.276. The number of ether oxygens (including phenoxy) is 3. The van der Waals surface area contributed by atoms with Crippen LogP contribution in [-0.4, -0.2) is 41.9 Å². The van der Waals surface area contributed by atoms with Gasteiger partial charge < -0.3 is 24.6 Å². The van der Waals surface area contributed by atoms with Crippen LogP contribution in [-0.2, 0) is 9.59 Å². The summed E-state index contributed by atoms with van der Waals surface area (Å²) in [6.45, 7) is 5.31. The van der Waals surface area contributed by atoms with E-state index < -0.39 is 18.6 Å². The Morgan fingerprint density at radius 2 is 1.80 bits per heavy atom. The van der Waals surface area contributed by atoms with E-state index in [0.29, 0.717) is 55.5 Å². The smallest absolute Gasteiger partial charge is 0.341 e. The zero-order chi connectivity index (χ0) is 31.4. The van der Waals surface area contributed by atoms with Gasteiger partial charge >= 0.3 is 5.97 Å². The molecule has 1 atom stereocenters. The van der Waals surface area contributed by atoms with Gasteiger partial charge in [-0.15, -0.1) is 0 Å². The van der Waals surface area contributed by atoms with Crippen LogP contribution in [0.2, 0.25) is 0 Å². The number of nitrogens with zero attached hydrogens (tertiary/aromatic N) is 2. The van der Waals surface area contributed by atoms with E-state index in [-0.39, 0.29) is 17.2 Å². The lowest BCUT2D eigenvalue weighted by Crippen LogP contribution is -2.40. The first-order chi connectivity index (χ1) is 21.2. The van der Waals surface area contributed by atoms with Crippen LogP contribution in [0.1, 0.15) is 36.6 Å². The molecule has 4 aromatic rings. The van der Waals surface area contributed by atoms with Crippen molar-refractivity contribution in [3.8, 4) is 17.2 Å². The fourth-order valence-corrected chi connectivity index (χ4v) is 5.99. The number of carbonyl (C=O) groups is 2. The van der Waals surface area contributed by atoms with Gasteiger partial charge in [0.25, 0.3) is 11.5 Å². The van der Waals surface area contributed by atoms with Crippen molar-refractivity contribution < 1.29 is 28.9 Å². The Morgan fingerprint density at radius 3 is 2.50 bits per heavy atom. The number of thiazole rings is 1. The van der Waals surface area contributed by atoms with E-state index in [1.54, 1.807) is 61.9 Å². The molecule has 10 nitrogen and oxygen atoms in total. The van der Waals surface area contributed by atoms with Crippen molar-refractivity contribution in [3.05, 3.63) is 114 Å². The number of methoxy groups -OCH3 is 1. The molecular weight excluding hydrogens is 582 g/mol. The zero-order valence-corrected chi connectivity index (χ0v) is 25.4. The maximum absolute atomic E-state index is 14.1. The molecule has 0 fully saturated rings. The van der Waals surface area contributed by atoms with Gasteiger partial charge in [-0.3, -0.25) is 14.2 Å². The summed E-state index contributed by atoms with van der Waals surface area (Å²) in [5.74, 6) is -0.197. The number of hydrogen-bond donors (Lipinski definition) is 2. The largest absolute Gasteiger partial charge is 0.496 e. The molecule has 1 aliphatic heterocycles. The number of nitrogens with one attached hydrogen (secondary N) is 1. The van der Waals surface area contributed by atoms with Crippen molar-refractivity contribution in [2.24, 2.45) is 4.99 Å². The third kappa shape index (κ3) is 6.28. The molecule has 1 aliphatic rings. The van der Waals surface area contributed by atoms with Crippen LogP contribution in [0, 0.1) is 6.92 Å². The lowest BCUT2D eigenvalue weighted by Gasteiger charge is -2.26. The molecule has 226 valence electrons. The van der Waals surface area contributed by atoms with Crippen molar-refractivity contribution in [1.29, 1.82) is 0 Å². The molecule has 11 heteroatoms. The van der Waals surface area contributed by atoms with E-state index in [0.717, 1.165) is 5.56 Å². The van der Waals surface area contributed by atoms with E-state index in [4.69, 9.17) is 24.3 Å². The van der Waals surface area contributed by atoms with E-state index in [1.807, 2.05) is 43.3 Å². The molecule has 0 spiro atoms. The van der Waals surface area contributed by atoms with Crippen LogP contribution >= 0.6 is 11.3 Å². The Balaban J connectivity index is 1.64. The van der Waals surface area contributed by atoms with E-state index in [9.17, 15) is 14.4 Å². The van der Waals surface area contributed by atoms with E-state index in [2.05, 4.69) is 5.32 Å². The first-order valence-electron chi connectivity index (χ1n) is 13.8. The number of aliphatic carboxylic acids is 1. The summed E-state index contributed by atoms with van der Waals surface area (Å²) in [6.07, 6.45) is 1.71. The second-order valence-electron chi connectivity index (χ2n) is 9.95. The number of aromatic nitrogens is 1. The van der Waals surface area contributed by atoms with Gasteiger partial charge in [-0.2, -0.15) is 0 Å². The second kappa shape index (κ2) is 13.0. The fourth-order valence-electron chi connectivity index (χ4n) is 4.95. The minimum atomic E-state index is -1.11. The normalized spacial score (nSPS) is 14.5. The van der Waals surface area contributed by atoms with Gasteiger partial charge in [0.05, 0.1) is 35.6 Å². The number of amides is 1. The highest BCUT2D eigenvalue weighted by molar-refractivity contribution is 7.07. The SMILES string of the molecule is CCOc1cc(C=c2sc3n(c2=O)[C@H](c2ccc(C)c(OC)c2)C(C(=O)Nc2ccccc2)=C(C)N=3)ccc1OCC(=O)O. The molecule has 2 heterocycles. The number of carboxylic acid groups (broad SMARTS) is 1. The molecule has 44 heavy (non-hydrogen) atoms. The summed E-state index contributed by atoms with van der Waals surface area (Å²) in [5, 5.41) is 11.9. The Labute approximate surface area is 257 Å². The van der Waals surface area contributed by atoms with E-state index in [1.165, 1.54) is 11.3 Å². The maximum Gasteiger partial charge on any atom is 0.341 e. The first kappa shape index (κ1) is 30.3. The third-order valence-corrected chi connectivity index (χ3v) is 7.95. The summed E-state index contributed by atoms with van der Waals surface area (Å²) in [7, 11) is 1.58. The second-order valence-corrected chi connectivity index (χ2v) is 11.0. The number of anilines is 1. The van der Waals surface area contributed by atoms with Gasteiger partial charge in [0.15, 0.2) is 22.9 Å². The minimum Gasteiger partial charge on any atom is -0.496 e. The summed E-state index contributed by atoms with van der Waals surface area (Å²) in [5.41, 5.74) is 3.40. The lowest BCUT2D eigenvalue weighted by molar-refractivity contribution is -0.139. The predicted molar refractivity (Wildman–Crippen MR) is 167 cm³/mol. The molecule has 3 aromatic carbocycles. The molecule has 0 radical (unpaired) electrons. The number of para-hydroxylation sites is 1. The molecule has 0 saturated carbocycles. The molecule has 0 bridgehead atoms. The predicted octanol–water partition coefficient (Wildman–Crippen LogP) is 4.05. The summed E-state index contributed by atoms with van der Waals surface area (Å²) in [4.78, 5) is 44.0. The summed E-state index contributed by atoms with van der Waals surface area (Å²) < 4.78 is 18.5. The number of carbonyl (C=O) groups excluding carboxylic acids is 1. The standard InChI is InChI=1S/C33H31N3O7S/c1-5-42-26-15-21(12-14-24(26)43-18-28(37)38)16-27-32(40)36-30(22-13-11-19(2)25(17-22)41-4)29(20(3)34-33(36)44-27)31(39)35-23-9-7-6-8-10-23/h6-17,30H,5,18H2,1-4H3,(H,35,39)(H,37,38)/t30-/m1/s1. The Bertz CT molecular complexity index is 1940. The first-order valence-corrected chi connectivity index (χ1v) is 14.7. The highest BCUT2D eigenvalue weighted by Crippen LogP contribution is 2.34. The number of rotatable bonds is 10. The van der Waals surface area contributed by atoms with Gasteiger partial charge in [-0.05, 0) is 73.9 Å². The summed E-state index contributed by atoms with van der Waals surface area (Å²) in [6, 6.07) is 19.0. The summed E-state index contributed by atoms with van der Waals surface area (Å²) >= 11 is 1.21. The van der Waals surface area contributed by atoms with Crippen molar-refractivity contribution in [2.75, 3.05) is 25.6 Å². The van der Waals surface area contributed by atoms with Gasteiger partial charge in [0, 0.05) is 5.69 Å². The van der Waals surface area contributed by atoms with Gasteiger partial charge in [-0.1, -0.05) is 47.7 Å². The molecule has 1 amide bonds. The van der Waals surface area contributed by atoms with Crippen molar-refractivity contribution in [1.82, 2.24) is 4.57 Å². The van der Waals surface area contributed by atoms with Crippen LogP contribution in [0.5, 0.6) is 17.2 Å². The van der Waals surface area contributed by atoms with Crippen LogP contribution in [0.15, 0.2) is 87.8 Å². The lowest BCUT2D eigenvalue weighted by atomic mass is 9.94. The highest BCUT2D eigenvalue weighted by Gasteiger charge is 2.33. The van der Waals surface area contributed by atoms with Crippen LogP contribution in [0.25, 0.3) is 6.08 Å². The number of allylic oxidation sites excluding steroid dienone is 1. The average molecular weight is 614 g/mol. The topological polar surface area (TPSA) is 128 Å². The number of fused-ring (bicyclic) bond motifs is 1. The van der Waals surface area contributed by atoms with Crippen LogP contribution in [0.3, 0.4) is 0 Å². The maximum atomic E-state index is 14.1. The highest BCUT2D eigenvalue weighted by atomic mass is 32.1. The van der Waals surface area contributed by atoms with Crippen LogP contribution < -0.4 is 34.4 Å². The fraction of sp³-hybridized carbons (Fsp3) is 0.212. The van der Waals surface area contributed by atoms with Gasteiger partial charge in [0.2, 0.25) is 0 Å². The zero-order valence-electron chi connectivity index (χ0n) is 24.6. The Hall–Kier alpha value is -5.16. The molecule has 1 aromatic heterocycles. The Kier molecular flexibility index (Phi) is 8.96. The molecule has 0 unspecified atom stereocenters. The van der Waals surface area contributed by atoms with Crippen LogP contribution in [0.4, 0.5) is 5.69 Å². The van der Waals surface area contributed by atoms with Crippen molar-refractivity contribution >= 4 is 35.0 Å². The third-order valence-electron chi connectivity index (χ3n) is 6.96. The molecule has 0 aliphatic carbocycles. The van der Waals surface area contributed by atoms with E-state index >= 15 is 0 Å². The Morgan fingerprint density at radius 1 is 1.02 bits per heavy atom. The van der Waals surface area contributed by atoms with Crippen molar-refractivity contribution in [2.45, 2.75) is 26.8 Å². The molecule has 5 rings (SSSR count). The van der Waals surface area contributed by atoms with Crippen molar-refractivity contribution in [3.63, 3.8) is 0 Å². The molecule has 0 saturated heterocycles. The monoisotopic (exact) mass is 613 g/mol.